The number of benzene rings is 1. The van der Waals surface area contributed by atoms with Gasteiger partial charge in [0, 0.05) is 18.7 Å². The zero-order valence-corrected chi connectivity index (χ0v) is 13.4. The number of hydrogen-bond donors (Lipinski definition) is 1. The van der Waals surface area contributed by atoms with Crippen molar-refractivity contribution >= 4 is 16.9 Å². The first kappa shape index (κ1) is 15.8. The Morgan fingerprint density at radius 2 is 2.28 bits per heavy atom. The van der Waals surface area contributed by atoms with Crippen LogP contribution in [0.3, 0.4) is 0 Å². The summed E-state index contributed by atoms with van der Waals surface area (Å²) >= 11 is 0. The highest BCUT2D eigenvalue weighted by Crippen LogP contribution is 2.27. The van der Waals surface area contributed by atoms with E-state index in [0.29, 0.717) is 17.5 Å². The molecule has 130 valence electrons. The summed E-state index contributed by atoms with van der Waals surface area (Å²) in [5, 5.41) is 17.1. The molecule has 1 saturated heterocycles. The minimum atomic E-state index is -1.08. The Morgan fingerprint density at radius 1 is 1.40 bits per heavy atom. The molecule has 1 atom stereocenters. The first-order valence-corrected chi connectivity index (χ1v) is 8.14. The lowest BCUT2D eigenvalue weighted by Crippen LogP contribution is -2.36. The maximum Gasteiger partial charge on any atom is 0.358 e. The lowest BCUT2D eigenvalue weighted by molar-refractivity contribution is 0.0690. The molecule has 25 heavy (non-hydrogen) atoms. The van der Waals surface area contributed by atoms with E-state index in [9.17, 15) is 9.18 Å². The second-order valence-electron chi connectivity index (χ2n) is 6.29. The van der Waals surface area contributed by atoms with Gasteiger partial charge in [0.15, 0.2) is 5.69 Å². The second-order valence-corrected chi connectivity index (χ2v) is 6.29. The van der Waals surface area contributed by atoms with Crippen molar-refractivity contribution in [2.75, 3.05) is 13.1 Å². The van der Waals surface area contributed by atoms with E-state index < -0.39 is 5.97 Å². The van der Waals surface area contributed by atoms with E-state index in [1.807, 2.05) is 0 Å². The van der Waals surface area contributed by atoms with E-state index in [0.717, 1.165) is 31.5 Å². The van der Waals surface area contributed by atoms with Crippen molar-refractivity contribution in [1.82, 2.24) is 19.9 Å². The third-order valence-electron chi connectivity index (χ3n) is 4.62. The van der Waals surface area contributed by atoms with Crippen molar-refractivity contribution in [3.8, 4) is 0 Å². The molecule has 8 heteroatoms. The monoisotopic (exact) mass is 344 g/mol. The van der Waals surface area contributed by atoms with Gasteiger partial charge in [0.05, 0.1) is 23.9 Å². The number of aromatic carboxylic acids is 1. The number of nitrogens with zero attached hydrogens (tertiary/aromatic N) is 4. The number of hydrogen-bond acceptors (Lipinski definition) is 5. The molecule has 2 aromatic heterocycles. The number of aromatic nitrogens is 3. The molecule has 0 radical (unpaired) electrons. The van der Waals surface area contributed by atoms with Crippen LogP contribution in [-0.4, -0.2) is 44.1 Å². The van der Waals surface area contributed by atoms with Crippen LogP contribution < -0.4 is 0 Å². The van der Waals surface area contributed by atoms with Crippen LogP contribution in [0, 0.1) is 5.82 Å². The molecular formula is C17H17FN4O3. The Kier molecular flexibility index (Phi) is 3.96. The van der Waals surface area contributed by atoms with Crippen LogP contribution >= 0.6 is 0 Å². The third-order valence-corrected chi connectivity index (χ3v) is 4.62. The number of fused-ring (bicyclic) bond motifs is 1. The van der Waals surface area contributed by atoms with Gasteiger partial charge < -0.3 is 9.52 Å². The Morgan fingerprint density at radius 3 is 3.08 bits per heavy atom. The molecule has 0 spiro atoms. The number of halogens is 1. The maximum absolute atomic E-state index is 13.8. The SMILES string of the molecule is O=C(O)c1cn(C2CCCN(Cc3ccc(F)c4ccoc34)C2)nn1. The van der Waals surface area contributed by atoms with Crippen molar-refractivity contribution in [3.63, 3.8) is 0 Å². The van der Waals surface area contributed by atoms with Crippen LogP contribution in [0.25, 0.3) is 11.0 Å². The predicted octanol–water partition coefficient (Wildman–Crippen LogP) is 2.70. The minimum absolute atomic E-state index is 0.0482. The highest BCUT2D eigenvalue weighted by molar-refractivity contribution is 5.84. The molecule has 1 aromatic carbocycles. The zero-order valence-electron chi connectivity index (χ0n) is 13.4. The number of furan rings is 1. The van der Waals surface area contributed by atoms with Gasteiger partial charge in [-0.25, -0.2) is 13.9 Å². The quantitative estimate of drug-likeness (QED) is 0.783. The number of rotatable bonds is 4. The highest BCUT2D eigenvalue weighted by Gasteiger charge is 2.24. The average molecular weight is 344 g/mol. The van der Waals surface area contributed by atoms with E-state index in [1.54, 1.807) is 16.8 Å². The van der Waals surface area contributed by atoms with E-state index >= 15 is 0 Å². The summed E-state index contributed by atoms with van der Waals surface area (Å²) in [6.07, 6.45) is 4.85. The number of piperidine rings is 1. The molecule has 1 unspecified atom stereocenters. The summed E-state index contributed by atoms with van der Waals surface area (Å²) in [6, 6.07) is 4.92. The minimum Gasteiger partial charge on any atom is -0.476 e. The summed E-state index contributed by atoms with van der Waals surface area (Å²) in [5.41, 5.74) is 1.47. The van der Waals surface area contributed by atoms with E-state index in [2.05, 4.69) is 15.2 Å². The summed E-state index contributed by atoms with van der Waals surface area (Å²) in [5.74, 6) is -1.36. The van der Waals surface area contributed by atoms with Crippen molar-refractivity contribution < 1.29 is 18.7 Å². The van der Waals surface area contributed by atoms with Gasteiger partial charge in [-0.15, -0.1) is 5.10 Å². The van der Waals surface area contributed by atoms with Gasteiger partial charge in [0.25, 0.3) is 0 Å². The molecule has 0 saturated carbocycles. The Balaban J connectivity index is 1.52. The van der Waals surface area contributed by atoms with Gasteiger partial charge in [-0.1, -0.05) is 11.3 Å². The molecule has 1 N–H and O–H groups in total. The number of likely N-dealkylation sites (tertiary alicyclic amines) is 1. The van der Waals surface area contributed by atoms with E-state index in [1.165, 1.54) is 18.5 Å². The van der Waals surface area contributed by atoms with Crippen LogP contribution in [-0.2, 0) is 6.54 Å². The Hall–Kier alpha value is -2.74. The molecule has 3 heterocycles. The number of carboxylic acid groups (broad SMARTS) is 1. The molecule has 1 fully saturated rings. The van der Waals surface area contributed by atoms with Crippen LogP contribution in [0.1, 0.15) is 34.9 Å². The smallest absolute Gasteiger partial charge is 0.358 e. The van der Waals surface area contributed by atoms with Crippen LogP contribution in [0.15, 0.2) is 35.1 Å². The number of carboxylic acids is 1. The number of carbonyl (C=O) groups is 1. The summed E-state index contributed by atoms with van der Waals surface area (Å²) in [6.45, 7) is 2.28. The fourth-order valence-electron chi connectivity index (χ4n) is 3.39. The maximum atomic E-state index is 13.8. The van der Waals surface area contributed by atoms with Crippen LogP contribution in [0.2, 0.25) is 0 Å². The fourth-order valence-corrected chi connectivity index (χ4v) is 3.39. The van der Waals surface area contributed by atoms with E-state index in [4.69, 9.17) is 9.52 Å². The third kappa shape index (κ3) is 3.00. The molecule has 7 nitrogen and oxygen atoms in total. The van der Waals surface area contributed by atoms with Gasteiger partial charge in [-0.05, 0) is 31.5 Å². The summed E-state index contributed by atoms with van der Waals surface area (Å²) < 4.78 is 20.9. The highest BCUT2D eigenvalue weighted by atomic mass is 19.1. The van der Waals surface area contributed by atoms with Gasteiger partial charge in [-0.2, -0.15) is 0 Å². The molecule has 4 rings (SSSR count). The van der Waals surface area contributed by atoms with Gasteiger partial charge in [0.1, 0.15) is 11.4 Å². The van der Waals surface area contributed by atoms with Crippen molar-refractivity contribution in [2.45, 2.75) is 25.4 Å². The van der Waals surface area contributed by atoms with Gasteiger partial charge in [0.2, 0.25) is 0 Å². The fraction of sp³-hybridized carbons (Fsp3) is 0.353. The standard InChI is InChI=1S/C17H17FN4O3/c18-14-4-3-11(16-13(14)5-7-25-16)8-21-6-1-2-12(9-21)22-10-15(17(23)24)19-20-22/h3-5,7,10,12H,1-2,6,8-9H2,(H,23,24). The van der Waals surface area contributed by atoms with Crippen LogP contribution in [0.5, 0.6) is 0 Å². The zero-order chi connectivity index (χ0) is 17.4. The molecule has 3 aromatic rings. The van der Waals surface area contributed by atoms with Gasteiger partial charge >= 0.3 is 5.97 Å². The lowest BCUT2D eigenvalue weighted by Gasteiger charge is -2.32. The summed E-state index contributed by atoms with van der Waals surface area (Å²) in [7, 11) is 0. The molecular weight excluding hydrogens is 327 g/mol. The predicted molar refractivity (Wildman–Crippen MR) is 86.7 cm³/mol. The first-order chi connectivity index (χ1) is 12.1. The molecule has 0 aliphatic carbocycles. The van der Waals surface area contributed by atoms with Crippen LogP contribution in [0.4, 0.5) is 4.39 Å². The Labute approximate surface area is 142 Å². The molecule has 0 amide bonds. The molecule has 0 bridgehead atoms. The molecule has 1 aliphatic heterocycles. The van der Waals surface area contributed by atoms with Crippen molar-refractivity contribution in [1.29, 1.82) is 0 Å². The second kappa shape index (κ2) is 6.29. The van der Waals surface area contributed by atoms with Crippen molar-refractivity contribution in [3.05, 3.63) is 47.7 Å². The summed E-state index contributed by atoms with van der Waals surface area (Å²) in [4.78, 5) is 13.2. The largest absolute Gasteiger partial charge is 0.476 e. The topological polar surface area (TPSA) is 84.4 Å². The normalized spacial score (nSPS) is 18.7. The van der Waals surface area contributed by atoms with Crippen molar-refractivity contribution in [2.24, 2.45) is 0 Å². The van der Waals surface area contributed by atoms with E-state index in [-0.39, 0.29) is 17.6 Å². The lowest BCUT2D eigenvalue weighted by atomic mass is 10.0. The Bertz CT molecular complexity index is 920. The first-order valence-electron chi connectivity index (χ1n) is 8.14. The molecule has 1 aliphatic rings. The average Bonchev–Trinajstić information content (AvgIpc) is 3.27. The van der Waals surface area contributed by atoms with Gasteiger partial charge in [-0.3, -0.25) is 4.90 Å².